The zero-order valence-electron chi connectivity index (χ0n) is 11.6. The number of hydrogen-bond donors (Lipinski definition) is 1. The fraction of sp³-hybridized carbons (Fsp3) is 0.857. The summed E-state index contributed by atoms with van der Waals surface area (Å²) in [5.41, 5.74) is 0. The molecule has 17 heavy (non-hydrogen) atoms. The summed E-state index contributed by atoms with van der Waals surface area (Å²) in [6.07, 6.45) is 6.48. The summed E-state index contributed by atoms with van der Waals surface area (Å²) in [7, 11) is 0. The second kappa shape index (κ2) is 10.3. The van der Waals surface area contributed by atoms with Gasteiger partial charge in [-0.1, -0.05) is 26.7 Å². The molecule has 100 valence electrons. The van der Waals surface area contributed by atoms with Gasteiger partial charge in [0, 0.05) is 19.4 Å². The first-order valence-corrected chi connectivity index (χ1v) is 6.78. The second-order valence-electron chi connectivity index (χ2n) is 5.15. The topological polar surface area (TPSA) is 46.2 Å². The van der Waals surface area contributed by atoms with Gasteiger partial charge in [0.2, 0.25) is 5.91 Å². The minimum absolute atomic E-state index is 0.169. The molecule has 0 spiro atoms. The van der Waals surface area contributed by atoms with Crippen molar-refractivity contribution in [2.45, 2.75) is 65.7 Å². The number of rotatable bonds is 10. The average molecular weight is 241 g/mol. The van der Waals surface area contributed by atoms with Gasteiger partial charge in [-0.15, -0.1) is 0 Å². The van der Waals surface area contributed by atoms with Gasteiger partial charge in [0.25, 0.3) is 0 Å². The summed E-state index contributed by atoms with van der Waals surface area (Å²) in [4.78, 5) is 22.1. The van der Waals surface area contributed by atoms with Crippen molar-refractivity contribution in [3.8, 4) is 0 Å². The van der Waals surface area contributed by atoms with Crippen LogP contribution in [0.2, 0.25) is 0 Å². The minimum atomic E-state index is 0.169. The Morgan fingerprint density at radius 2 is 1.65 bits per heavy atom. The van der Waals surface area contributed by atoms with Crippen LogP contribution in [0.3, 0.4) is 0 Å². The lowest BCUT2D eigenvalue weighted by atomic mass is 10.1. The van der Waals surface area contributed by atoms with E-state index in [2.05, 4.69) is 19.2 Å². The maximum Gasteiger partial charge on any atom is 0.220 e. The van der Waals surface area contributed by atoms with Crippen molar-refractivity contribution < 1.29 is 9.59 Å². The summed E-state index contributed by atoms with van der Waals surface area (Å²) < 4.78 is 0. The van der Waals surface area contributed by atoms with Gasteiger partial charge in [0.15, 0.2) is 0 Å². The Morgan fingerprint density at radius 3 is 2.24 bits per heavy atom. The molecule has 3 heteroatoms. The van der Waals surface area contributed by atoms with Crippen LogP contribution in [0, 0.1) is 5.92 Å². The molecule has 0 aromatic carbocycles. The summed E-state index contributed by atoms with van der Waals surface area (Å²) in [6, 6.07) is 0. The molecule has 0 fully saturated rings. The van der Waals surface area contributed by atoms with Crippen LogP contribution in [0.5, 0.6) is 0 Å². The van der Waals surface area contributed by atoms with E-state index in [1.54, 1.807) is 6.92 Å². The lowest BCUT2D eigenvalue weighted by Gasteiger charge is -2.06. The number of carbonyl (C=O) groups is 2. The fourth-order valence-corrected chi connectivity index (χ4v) is 1.59. The van der Waals surface area contributed by atoms with Gasteiger partial charge in [0.05, 0.1) is 0 Å². The number of carbonyl (C=O) groups excluding carboxylic acids is 2. The zero-order chi connectivity index (χ0) is 13.1. The highest BCUT2D eigenvalue weighted by molar-refractivity contribution is 5.75. The van der Waals surface area contributed by atoms with Crippen molar-refractivity contribution >= 4 is 11.7 Å². The molecule has 0 aliphatic carbocycles. The molecule has 0 aliphatic rings. The minimum Gasteiger partial charge on any atom is -0.356 e. The van der Waals surface area contributed by atoms with Crippen LogP contribution < -0.4 is 5.32 Å². The lowest BCUT2D eigenvalue weighted by Crippen LogP contribution is -2.24. The van der Waals surface area contributed by atoms with E-state index >= 15 is 0 Å². The van der Waals surface area contributed by atoms with E-state index in [0.717, 1.165) is 38.6 Å². The molecule has 0 bridgehead atoms. The molecule has 0 atom stereocenters. The Labute approximate surface area is 105 Å². The van der Waals surface area contributed by atoms with E-state index in [0.29, 0.717) is 18.8 Å². The first-order chi connectivity index (χ1) is 8.02. The molecule has 0 unspecified atom stereocenters. The van der Waals surface area contributed by atoms with Crippen molar-refractivity contribution in [1.29, 1.82) is 0 Å². The molecule has 0 aromatic rings. The number of Topliss-reactive ketones (excluding diaryl/α,β-unsaturated/α-hetero) is 1. The number of amides is 1. The van der Waals surface area contributed by atoms with E-state index in [1.165, 1.54) is 0 Å². The third-order valence-electron chi connectivity index (χ3n) is 2.73. The normalized spacial score (nSPS) is 10.6. The van der Waals surface area contributed by atoms with E-state index in [9.17, 15) is 9.59 Å². The summed E-state index contributed by atoms with van der Waals surface area (Å²) in [6.45, 7) is 6.66. The van der Waals surface area contributed by atoms with Crippen LogP contribution in [0.1, 0.15) is 65.7 Å². The van der Waals surface area contributed by atoms with Crippen molar-refractivity contribution in [3.63, 3.8) is 0 Å². The predicted octanol–water partition coefficient (Wildman–Crippen LogP) is 3.08. The number of ketones is 1. The fourth-order valence-electron chi connectivity index (χ4n) is 1.59. The Kier molecular flexibility index (Phi) is 9.78. The lowest BCUT2D eigenvalue weighted by molar-refractivity contribution is -0.121. The molecular formula is C14H27NO2. The highest BCUT2D eigenvalue weighted by Gasteiger charge is 2.02. The smallest absolute Gasteiger partial charge is 0.220 e. The number of nitrogens with one attached hydrogen (secondary N) is 1. The van der Waals surface area contributed by atoms with Crippen molar-refractivity contribution in [1.82, 2.24) is 5.32 Å². The van der Waals surface area contributed by atoms with Crippen molar-refractivity contribution in [2.24, 2.45) is 5.92 Å². The second-order valence-corrected chi connectivity index (χ2v) is 5.15. The van der Waals surface area contributed by atoms with Gasteiger partial charge in [-0.2, -0.15) is 0 Å². The standard InChI is InChI=1S/C14H27NO2/c1-12(2)9-10-14(17)15-11-7-5-4-6-8-13(3)16/h12H,4-11H2,1-3H3,(H,15,17). The molecule has 1 amide bonds. The van der Waals surface area contributed by atoms with Crippen LogP contribution in [0.25, 0.3) is 0 Å². The molecule has 0 aromatic heterocycles. The monoisotopic (exact) mass is 241 g/mol. The molecule has 0 rings (SSSR count). The van der Waals surface area contributed by atoms with Crippen LogP contribution in [0.4, 0.5) is 0 Å². The van der Waals surface area contributed by atoms with Gasteiger partial charge in [-0.3, -0.25) is 4.79 Å². The summed E-state index contributed by atoms with van der Waals surface area (Å²) in [5, 5.41) is 2.93. The zero-order valence-corrected chi connectivity index (χ0v) is 11.6. The van der Waals surface area contributed by atoms with Gasteiger partial charge >= 0.3 is 0 Å². The number of unbranched alkanes of at least 4 members (excludes halogenated alkanes) is 3. The molecular weight excluding hydrogens is 214 g/mol. The SMILES string of the molecule is CC(=O)CCCCCCNC(=O)CCC(C)C. The first kappa shape index (κ1) is 16.1. The van der Waals surface area contributed by atoms with Gasteiger partial charge in [0.1, 0.15) is 5.78 Å². The van der Waals surface area contributed by atoms with Gasteiger partial charge < -0.3 is 10.1 Å². The van der Waals surface area contributed by atoms with E-state index in [1.807, 2.05) is 0 Å². The maximum atomic E-state index is 11.4. The van der Waals surface area contributed by atoms with E-state index in [4.69, 9.17) is 0 Å². The van der Waals surface area contributed by atoms with Crippen LogP contribution >= 0.6 is 0 Å². The summed E-state index contributed by atoms with van der Waals surface area (Å²) in [5.74, 6) is 1.03. The number of hydrogen-bond acceptors (Lipinski definition) is 2. The predicted molar refractivity (Wildman–Crippen MR) is 70.8 cm³/mol. The van der Waals surface area contributed by atoms with Crippen LogP contribution in [-0.4, -0.2) is 18.2 Å². The highest BCUT2D eigenvalue weighted by atomic mass is 16.1. The summed E-state index contributed by atoms with van der Waals surface area (Å²) >= 11 is 0. The van der Waals surface area contributed by atoms with Gasteiger partial charge in [-0.25, -0.2) is 0 Å². The average Bonchev–Trinajstić information content (AvgIpc) is 2.24. The Hall–Kier alpha value is -0.860. The third kappa shape index (κ3) is 13.1. The van der Waals surface area contributed by atoms with Gasteiger partial charge in [-0.05, 0) is 32.1 Å². The molecule has 0 saturated heterocycles. The van der Waals surface area contributed by atoms with E-state index in [-0.39, 0.29) is 11.7 Å². The molecule has 1 N–H and O–H groups in total. The highest BCUT2D eigenvalue weighted by Crippen LogP contribution is 2.04. The quantitative estimate of drug-likeness (QED) is 0.597. The Balaban J connectivity index is 3.22. The molecule has 0 radical (unpaired) electrons. The third-order valence-corrected chi connectivity index (χ3v) is 2.73. The Morgan fingerprint density at radius 1 is 1.00 bits per heavy atom. The Bertz CT molecular complexity index is 224. The van der Waals surface area contributed by atoms with E-state index < -0.39 is 0 Å². The first-order valence-electron chi connectivity index (χ1n) is 6.78. The molecule has 3 nitrogen and oxygen atoms in total. The maximum absolute atomic E-state index is 11.4. The molecule has 0 saturated carbocycles. The molecule has 0 aliphatic heterocycles. The largest absolute Gasteiger partial charge is 0.356 e. The van der Waals surface area contributed by atoms with Crippen molar-refractivity contribution in [2.75, 3.05) is 6.54 Å². The van der Waals surface area contributed by atoms with Crippen LogP contribution in [-0.2, 0) is 9.59 Å². The molecule has 0 heterocycles. The van der Waals surface area contributed by atoms with Crippen LogP contribution in [0.15, 0.2) is 0 Å². The van der Waals surface area contributed by atoms with Crippen molar-refractivity contribution in [3.05, 3.63) is 0 Å².